The molecule has 13 heavy (non-hydrogen) atoms. The van der Waals surface area contributed by atoms with E-state index in [4.69, 9.17) is 23.2 Å². The maximum Gasteiger partial charge on any atom is 0.0382 e. The SMILES string of the molecule is CC(=CCl)CN1CCC(C)C1CCl. The fourth-order valence-electron chi connectivity index (χ4n) is 1.89. The molecule has 2 unspecified atom stereocenters. The van der Waals surface area contributed by atoms with Crippen molar-refractivity contribution in [1.29, 1.82) is 0 Å². The number of alkyl halides is 1. The zero-order chi connectivity index (χ0) is 9.84. The predicted octanol–water partition coefficient (Wildman–Crippen LogP) is 3.08. The van der Waals surface area contributed by atoms with Crippen LogP contribution in [0.1, 0.15) is 20.3 Å². The van der Waals surface area contributed by atoms with Crippen LogP contribution in [0.5, 0.6) is 0 Å². The Bertz CT molecular complexity index is 191. The number of hydrogen-bond acceptors (Lipinski definition) is 1. The molecular weight excluding hydrogens is 205 g/mol. The van der Waals surface area contributed by atoms with Gasteiger partial charge in [-0.25, -0.2) is 0 Å². The molecule has 2 atom stereocenters. The minimum Gasteiger partial charge on any atom is -0.295 e. The summed E-state index contributed by atoms with van der Waals surface area (Å²) in [6, 6.07) is 0.535. The van der Waals surface area contributed by atoms with Crippen molar-refractivity contribution in [3.63, 3.8) is 0 Å². The Morgan fingerprint density at radius 2 is 2.31 bits per heavy atom. The van der Waals surface area contributed by atoms with Crippen molar-refractivity contribution in [2.45, 2.75) is 26.3 Å². The van der Waals surface area contributed by atoms with Crippen molar-refractivity contribution in [3.8, 4) is 0 Å². The van der Waals surface area contributed by atoms with Crippen molar-refractivity contribution in [1.82, 2.24) is 4.90 Å². The van der Waals surface area contributed by atoms with E-state index in [0.29, 0.717) is 6.04 Å². The summed E-state index contributed by atoms with van der Waals surface area (Å²) in [5, 5.41) is 0. The first kappa shape index (κ1) is 11.4. The van der Waals surface area contributed by atoms with Crippen molar-refractivity contribution in [2.24, 2.45) is 5.92 Å². The van der Waals surface area contributed by atoms with Gasteiger partial charge in [-0.3, -0.25) is 4.90 Å². The Hall–Kier alpha value is 0.280. The molecule has 0 aromatic heterocycles. The molecule has 1 heterocycles. The molecule has 3 heteroatoms. The normalized spacial score (nSPS) is 31.2. The summed E-state index contributed by atoms with van der Waals surface area (Å²) >= 11 is 11.6. The van der Waals surface area contributed by atoms with E-state index < -0.39 is 0 Å². The van der Waals surface area contributed by atoms with E-state index in [9.17, 15) is 0 Å². The summed E-state index contributed by atoms with van der Waals surface area (Å²) in [6.45, 7) is 6.44. The smallest absolute Gasteiger partial charge is 0.0382 e. The number of hydrogen-bond donors (Lipinski definition) is 0. The minimum absolute atomic E-state index is 0.535. The molecule has 0 bridgehead atoms. The van der Waals surface area contributed by atoms with E-state index in [0.717, 1.165) is 24.9 Å². The average Bonchev–Trinajstić information content (AvgIpc) is 2.46. The van der Waals surface area contributed by atoms with Gasteiger partial charge >= 0.3 is 0 Å². The average molecular weight is 222 g/mol. The Balaban J connectivity index is 2.50. The van der Waals surface area contributed by atoms with Crippen LogP contribution >= 0.6 is 23.2 Å². The van der Waals surface area contributed by atoms with Gasteiger partial charge in [-0.1, -0.05) is 18.5 Å². The highest BCUT2D eigenvalue weighted by Gasteiger charge is 2.29. The lowest BCUT2D eigenvalue weighted by molar-refractivity contribution is 0.270. The lowest BCUT2D eigenvalue weighted by Gasteiger charge is -2.24. The lowest BCUT2D eigenvalue weighted by atomic mass is 10.1. The molecule has 1 saturated heterocycles. The summed E-state index contributed by atoms with van der Waals surface area (Å²) in [5.41, 5.74) is 2.87. The van der Waals surface area contributed by atoms with E-state index in [-0.39, 0.29) is 0 Å². The highest BCUT2D eigenvalue weighted by atomic mass is 35.5. The van der Waals surface area contributed by atoms with Crippen LogP contribution in [0.4, 0.5) is 0 Å². The van der Waals surface area contributed by atoms with Gasteiger partial charge in [-0.15, -0.1) is 11.6 Å². The number of halogens is 2. The summed E-state index contributed by atoms with van der Waals surface area (Å²) in [5.74, 6) is 1.46. The van der Waals surface area contributed by atoms with Gasteiger partial charge in [-0.2, -0.15) is 0 Å². The highest BCUT2D eigenvalue weighted by Crippen LogP contribution is 2.25. The van der Waals surface area contributed by atoms with E-state index in [1.807, 2.05) is 0 Å². The molecular formula is C10H17Cl2N. The number of likely N-dealkylation sites (tertiary alicyclic amines) is 1. The monoisotopic (exact) mass is 221 g/mol. The largest absolute Gasteiger partial charge is 0.295 e. The summed E-state index contributed by atoms with van der Waals surface area (Å²) in [6.07, 6.45) is 1.26. The minimum atomic E-state index is 0.535. The zero-order valence-corrected chi connectivity index (χ0v) is 9.78. The fourth-order valence-corrected chi connectivity index (χ4v) is 2.46. The molecule has 1 aliphatic heterocycles. The van der Waals surface area contributed by atoms with Gasteiger partial charge in [0, 0.05) is 24.0 Å². The summed E-state index contributed by atoms with van der Waals surface area (Å²) < 4.78 is 0. The van der Waals surface area contributed by atoms with Crippen LogP contribution in [-0.4, -0.2) is 29.9 Å². The van der Waals surface area contributed by atoms with Crippen LogP contribution in [0.3, 0.4) is 0 Å². The fraction of sp³-hybridized carbons (Fsp3) is 0.800. The Labute approximate surface area is 90.7 Å². The number of nitrogens with zero attached hydrogens (tertiary/aromatic N) is 1. The van der Waals surface area contributed by atoms with Crippen LogP contribution in [0.2, 0.25) is 0 Å². The van der Waals surface area contributed by atoms with Crippen LogP contribution < -0.4 is 0 Å². The molecule has 0 saturated carbocycles. The first-order chi connectivity index (χ1) is 6.19. The second-order valence-electron chi connectivity index (χ2n) is 3.91. The quantitative estimate of drug-likeness (QED) is 0.663. The summed E-state index contributed by atoms with van der Waals surface area (Å²) in [7, 11) is 0. The molecule has 0 N–H and O–H groups in total. The summed E-state index contributed by atoms with van der Waals surface area (Å²) in [4.78, 5) is 2.42. The Morgan fingerprint density at radius 1 is 1.62 bits per heavy atom. The molecule has 0 aromatic carbocycles. The zero-order valence-electron chi connectivity index (χ0n) is 8.26. The van der Waals surface area contributed by atoms with Crippen molar-refractivity contribution in [2.75, 3.05) is 19.0 Å². The second-order valence-corrected chi connectivity index (χ2v) is 4.44. The third-order valence-corrected chi connectivity index (χ3v) is 3.48. The van der Waals surface area contributed by atoms with E-state index >= 15 is 0 Å². The Kier molecular flexibility index (Phi) is 4.57. The van der Waals surface area contributed by atoms with Crippen LogP contribution in [-0.2, 0) is 0 Å². The van der Waals surface area contributed by atoms with Gasteiger partial charge in [0.1, 0.15) is 0 Å². The molecule has 0 amide bonds. The molecule has 1 aliphatic rings. The molecule has 0 aromatic rings. The first-order valence-corrected chi connectivity index (χ1v) is 5.72. The van der Waals surface area contributed by atoms with Crippen LogP contribution in [0, 0.1) is 5.92 Å². The molecule has 1 fully saturated rings. The molecule has 1 rings (SSSR count). The van der Waals surface area contributed by atoms with Gasteiger partial charge in [0.2, 0.25) is 0 Å². The second kappa shape index (κ2) is 5.23. The highest BCUT2D eigenvalue weighted by molar-refractivity contribution is 6.25. The molecule has 1 nitrogen and oxygen atoms in total. The van der Waals surface area contributed by atoms with Crippen molar-refractivity contribution >= 4 is 23.2 Å². The van der Waals surface area contributed by atoms with Gasteiger partial charge < -0.3 is 0 Å². The van der Waals surface area contributed by atoms with Crippen LogP contribution in [0.25, 0.3) is 0 Å². The van der Waals surface area contributed by atoms with E-state index in [2.05, 4.69) is 18.7 Å². The van der Waals surface area contributed by atoms with Crippen molar-refractivity contribution in [3.05, 3.63) is 11.1 Å². The van der Waals surface area contributed by atoms with Gasteiger partial charge in [-0.05, 0) is 31.4 Å². The van der Waals surface area contributed by atoms with Gasteiger partial charge in [0.05, 0.1) is 0 Å². The number of rotatable bonds is 3. The standard InChI is InChI=1S/C10H17Cl2N/c1-8(5-11)7-13-4-3-9(2)10(13)6-12/h5,9-10H,3-4,6-7H2,1-2H3. The Morgan fingerprint density at radius 3 is 2.85 bits per heavy atom. The van der Waals surface area contributed by atoms with Gasteiger partial charge in [0.15, 0.2) is 0 Å². The third kappa shape index (κ3) is 2.87. The topological polar surface area (TPSA) is 3.24 Å². The molecule has 0 aliphatic carbocycles. The van der Waals surface area contributed by atoms with E-state index in [1.54, 1.807) is 5.54 Å². The van der Waals surface area contributed by atoms with Crippen molar-refractivity contribution < 1.29 is 0 Å². The molecule has 76 valence electrons. The maximum absolute atomic E-state index is 5.93. The first-order valence-electron chi connectivity index (χ1n) is 4.75. The van der Waals surface area contributed by atoms with E-state index in [1.165, 1.54) is 12.0 Å². The predicted molar refractivity (Wildman–Crippen MR) is 59.5 cm³/mol. The lowest BCUT2D eigenvalue weighted by Crippen LogP contribution is -2.34. The third-order valence-electron chi connectivity index (χ3n) is 2.79. The van der Waals surface area contributed by atoms with Crippen LogP contribution in [0.15, 0.2) is 11.1 Å². The van der Waals surface area contributed by atoms with Gasteiger partial charge in [0.25, 0.3) is 0 Å². The molecule has 0 spiro atoms. The molecule has 0 radical (unpaired) electrons. The maximum atomic E-state index is 5.93.